The molecule has 1 aliphatic carbocycles. The molecule has 0 spiro atoms. The largest absolute Gasteiger partial charge is 0.359 e. The SMILES string of the molecule is NCCCOCN1C=C2C(=c3ccccc3=Cc3ccccc32)N1. The molecule has 0 bridgehead atoms. The van der Waals surface area contributed by atoms with E-state index in [9.17, 15) is 0 Å². The Morgan fingerprint density at radius 2 is 1.88 bits per heavy atom. The van der Waals surface area contributed by atoms with Gasteiger partial charge in [-0.1, -0.05) is 48.5 Å². The number of fused-ring (bicyclic) bond motifs is 4. The summed E-state index contributed by atoms with van der Waals surface area (Å²) in [5, 5.41) is 4.44. The van der Waals surface area contributed by atoms with Gasteiger partial charge in [0, 0.05) is 17.0 Å². The van der Waals surface area contributed by atoms with Gasteiger partial charge in [-0.2, -0.15) is 0 Å². The molecule has 3 N–H and O–H groups in total. The number of benzene rings is 2. The molecular weight excluding hydrogens is 298 g/mol. The number of hydrogen-bond donors (Lipinski definition) is 2. The molecule has 4 rings (SSSR count). The molecule has 2 aromatic rings. The van der Waals surface area contributed by atoms with Crippen molar-refractivity contribution in [1.29, 1.82) is 0 Å². The molecule has 0 saturated heterocycles. The van der Waals surface area contributed by atoms with Crippen molar-refractivity contribution in [2.75, 3.05) is 19.9 Å². The number of nitrogens with two attached hydrogens (primary N) is 1. The van der Waals surface area contributed by atoms with Crippen LogP contribution in [0.5, 0.6) is 0 Å². The lowest BCUT2D eigenvalue weighted by atomic mass is 10.00. The maximum Gasteiger partial charge on any atom is 0.137 e. The first-order chi connectivity index (χ1) is 11.9. The van der Waals surface area contributed by atoms with Crippen molar-refractivity contribution in [1.82, 2.24) is 10.4 Å². The Balaban J connectivity index is 1.76. The standard InChI is InChI=1S/C20H21N3O/c21-10-5-11-24-14-23-13-19-17-8-3-1-6-15(17)12-16-7-2-4-9-18(16)20(19)22-23/h1-4,6-9,12-13,22H,5,10-11,14,21H2. The average Bonchev–Trinajstić information content (AvgIpc) is 2.98. The lowest BCUT2D eigenvalue weighted by molar-refractivity contribution is 0.0423. The van der Waals surface area contributed by atoms with E-state index >= 15 is 0 Å². The summed E-state index contributed by atoms with van der Waals surface area (Å²) in [5.74, 6) is 0. The van der Waals surface area contributed by atoms with Crippen LogP contribution < -0.4 is 21.6 Å². The Kier molecular flexibility index (Phi) is 4.07. The minimum atomic E-state index is 0.501. The van der Waals surface area contributed by atoms with Crippen LogP contribution in [0.3, 0.4) is 0 Å². The summed E-state index contributed by atoms with van der Waals surface area (Å²) in [4.78, 5) is 0. The van der Waals surface area contributed by atoms with Crippen LogP contribution in [0.25, 0.3) is 17.3 Å². The van der Waals surface area contributed by atoms with Gasteiger partial charge in [-0.15, -0.1) is 0 Å². The summed E-state index contributed by atoms with van der Waals surface area (Å²) in [6.07, 6.45) is 5.26. The van der Waals surface area contributed by atoms with Crippen molar-refractivity contribution < 1.29 is 4.74 Å². The van der Waals surface area contributed by atoms with Gasteiger partial charge in [-0.05, 0) is 35.4 Å². The number of ether oxygens (including phenoxy) is 1. The molecule has 0 atom stereocenters. The van der Waals surface area contributed by atoms with Gasteiger partial charge in [0.15, 0.2) is 0 Å². The molecular formula is C20H21N3O. The molecule has 0 amide bonds. The summed E-state index contributed by atoms with van der Waals surface area (Å²) in [7, 11) is 0. The first-order valence-corrected chi connectivity index (χ1v) is 8.30. The Morgan fingerprint density at radius 3 is 2.79 bits per heavy atom. The molecule has 1 heterocycles. The molecule has 24 heavy (non-hydrogen) atoms. The van der Waals surface area contributed by atoms with Crippen LogP contribution in [0.1, 0.15) is 17.5 Å². The molecule has 1 aliphatic heterocycles. The first kappa shape index (κ1) is 15.0. The maximum atomic E-state index is 5.69. The fourth-order valence-corrected chi connectivity index (χ4v) is 3.17. The molecule has 0 aromatic heterocycles. The predicted molar refractivity (Wildman–Crippen MR) is 96.6 cm³/mol. The van der Waals surface area contributed by atoms with E-state index in [0.29, 0.717) is 19.9 Å². The second-order valence-corrected chi connectivity index (χ2v) is 6.00. The zero-order valence-electron chi connectivity index (χ0n) is 13.5. The topological polar surface area (TPSA) is 50.5 Å². The molecule has 122 valence electrons. The van der Waals surface area contributed by atoms with E-state index in [1.54, 1.807) is 0 Å². The van der Waals surface area contributed by atoms with E-state index in [0.717, 1.165) is 12.1 Å². The Hall–Kier alpha value is -2.56. The van der Waals surface area contributed by atoms with Crippen LogP contribution in [-0.4, -0.2) is 24.9 Å². The van der Waals surface area contributed by atoms with Crippen LogP contribution in [0.15, 0.2) is 54.7 Å². The van der Waals surface area contributed by atoms with Crippen molar-refractivity contribution in [3.63, 3.8) is 0 Å². The number of hydrazine groups is 1. The zero-order valence-corrected chi connectivity index (χ0v) is 13.5. The molecule has 4 heteroatoms. The minimum absolute atomic E-state index is 0.501. The Bertz CT molecular complexity index is 901. The fourth-order valence-electron chi connectivity index (χ4n) is 3.17. The monoisotopic (exact) mass is 319 g/mol. The van der Waals surface area contributed by atoms with Gasteiger partial charge in [-0.3, -0.25) is 10.4 Å². The van der Waals surface area contributed by atoms with E-state index in [1.165, 1.54) is 27.1 Å². The van der Waals surface area contributed by atoms with Crippen LogP contribution in [0.2, 0.25) is 0 Å². The normalized spacial score (nSPS) is 14.8. The van der Waals surface area contributed by atoms with E-state index in [-0.39, 0.29) is 0 Å². The highest BCUT2D eigenvalue weighted by molar-refractivity contribution is 6.01. The van der Waals surface area contributed by atoms with E-state index in [2.05, 4.69) is 66.2 Å². The van der Waals surface area contributed by atoms with Crippen LogP contribution in [0, 0.1) is 0 Å². The summed E-state index contributed by atoms with van der Waals surface area (Å²) in [6, 6.07) is 17.0. The third-order valence-electron chi connectivity index (χ3n) is 4.32. The van der Waals surface area contributed by atoms with Gasteiger partial charge in [0.05, 0.1) is 12.3 Å². The van der Waals surface area contributed by atoms with Crippen LogP contribution >= 0.6 is 0 Å². The van der Waals surface area contributed by atoms with Gasteiger partial charge in [0.25, 0.3) is 0 Å². The quantitative estimate of drug-likeness (QED) is 0.811. The molecule has 0 saturated carbocycles. The molecule has 4 nitrogen and oxygen atoms in total. The second-order valence-electron chi connectivity index (χ2n) is 6.00. The van der Waals surface area contributed by atoms with Gasteiger partial charge in [-0.25, -0.2) is 0 Å². The zero-order chi connectivity index (χ0) is 16.4. The number of rotatable bonds is 5. The summed E-state index contributed by atoms with van der Waals surface area (Å²) in [5.41, 5.74) is 13.8. The third-order valence-corrected chi connectivity index (χ3v) is 4.32. The Morgan fingerprint density at radius 1 is 1.04 bits per heavy atom. The summed E-state index contributed by atoms with van der Waals surface area (Å²) in [6.45, 7) is 1.83. The van der Waals surface area contributed by atoms with Crippen molar-refractivity contribution in [2.45, 2.75) is 6.42 Å². The second kappa shape index (κ2) is 6.51. The van der Waals surface area contributed by atoms with Gasteiger partial charge in [0.2, 0.25) is 0 Å². The number of nitrogens with zero attached hydrogens (tertiary/aromatic N) is 1. The lowest BCUT2D eigenvalue weighted by Crippen LogP contribution is -2.35. The fraction of sp³-hybridized carbons (Fsp3) is 0.200. The predicted octanol–water partition coefficient (Wildman–Crippen LogP) is 1.12. The minimum Gasteiger partial charge on any atom is -0.359 e. The Labute approximate surface area is 141 Å². The van der Waals surface area contributed by atoms with E-state index in [1.807, 2.05) is 5.01 Å². The third kappa shape index (κ3) is 2.70. The average molecular weight is 319 g/mol. The maximum absolute atomic E-state index is 5.69. The number of nitrogens with one attached hydrogen (secondary N) is 1. The van der Waals surface area contributed by atoms with Gasteiger partial charge in [0.1, 0.15) is 6.73 Å². The molecule has 2 aliphatic rings. The molecule has 0 fully saturated rings. The first-order valence-electron chi connectivity index (χ1n) is 8.30. The van der Waals surface area contributed by atoms with Crippen LogP contribution in [0.4, 0.5) is 0 Å². The molecule has 0 unspecified atom stereocenters. The highest BCUT2D eigenvalue weighted by Crippen LogP contribution is 2.30. The molecule has 2 aromatic carbocycles. The number of hydrogen-bond acceptors (Lipinski definition) is 4. The summed E-state index contributed by atoms with van der Waals surface area (Å²) >= 11 is 0. The highest BCUT2D eigenvalue weighted by atomic mass is 16.5. The van der Waals surface area contributed by atoms with Crippen molar-refractivity contribution >= 4 is 17.3 Å². The lowest BCUT2D eigenvalue weighted by Gasteiger charge is -2.17. The van der Waals surface area contributed by atoms with E-state index in [4.69, 9.17) is 10.5 Å². The van der Waals surface area contributed by atoms with Crippen molar-refractivity contribution in [3.8, 4) is 0 Å². The van der Waals surface area contributed by atoms with Gasteiger partial charge < -0.3 is 10.5 Å². The van der Waals surface area contributed by atoms with Crippen molar-refractivity contribution in [2.24, 2.45) is 5.73 Å². The van der Waals surface area contributed by atoms with Gasteiger partial charge >= 0.3 is 0 Å². The van der Waals surface area contributed by atoms with Crippen LogP contribution in [-0.2, 0) is 4.74 Å². The molecule has 0 radical (unpaired) electrons. The highest BCUT2D eigenvalue weighted by Gasteiger charge is 2.22. The van der Waals surface area contributed by atoms with E-state index < -0.39 is 0 Å². The van der Waals surface area contributed by atoms with Crippen molar-refractivity contribution in [3.05, 3.63) is 76.3 Å². The summed E-state index contributed by atoms with van der Waals surface area (Å²) < 4.78 is 5.69. The smallest absolute Gasteiger partial charge is 0.137 e.